The van der Waals surface area contributed by atoms with Crippen LogP contribution in [0, 0.1) is 0 Å². The fourth-order valence-electron chi connectivity index (χ4n) is 1.87. The largest absolute Gasteiger partial charge is 0.480 e. The molecule has 1 aliphatic rings. The molecule has 20 heavy (non-hydrogen) atoms. The second kappa shape index (κ2) is 5.10. The number of hydrogen-bond donors (Lipinski definition) is 1. The van der Waals surface area contributed by atoms with Gasteiger partial charge < -0.3 is 14.6 Å². The maximum Gasteiger partial charge on any atom is 0.246 e. The van der Waals surface area contributed by atoms with Gasteiger partial charge in [-0.2, -0.15) is 4.98 Å². The molecule has 3 rings (SSSR count). The van der Waals surface area contributed by atoms with Crippen LogP contribution in [0.25, 0.3) is 0 Å². The molecule has 1 N–H and O–H groups in total. The molecule has 6 heteroatoms. The molecular weight excluding hydrogens is 274 g/mol. The predicted molar refractivity (Wildman–Crippen MR) is 76.9 cm³/mol. The van der Waals surface area contributed by atoms with Gasteiger partial charge in [-0.3, -0.25) is 0 Å². The highest BCUT2D eigenvalue weighted by atomic mass is 32.2. The predicted octanol–water partition coefficient (Wildman–Crippen LogP) is 2.75. The smallest absolute Gasteiger partial charge is 0.246 e. The van der Waals surface area contributed by atoms with E-state index in [2.05, 4.69) is 21.5 Å². The summed E-state index contributed by atoms with van der Waals surface area (Å²) in [7, 11) is 1.87. The zero-order valence-electron chi connectivity index (χ0n) is 11.7. The van der Waals surface area contributed by atoms with Crippen LogP contribution in [0.3, 0.4) is 0 Å². The van der Waals surface area contributed by atoms with Crippen molar-refractivity contribution in [3.8, 4) is 5.75 Å². The SMILES string of the molecule is CNC(C)(C)c1nc(C2CSc3ccccc3O2)no1. The van der Waals surface area contributed by atoms with Crippen molar-refractivity contribution < 1.29 is 9.26 Å². The van der Waals surface area contributed by atoms with Crippen molar-refractivity contribution in [3.63, 3.8) is 0 Å². The lowest BCUT2D eigenvalue weighted by Crippen LogP contribution is -2.33. The number of para-hydroxylation sites is 1. The first-order valence-corrected chi connectivity index (χ1v) is 7.50. The summed E-state index contributed by atoms with van der Waals surface area (Å²) in [5.74, 6) is 2.84. The van der Waals surface area contributed by atoms with Crippen LogP contribution in [0.15, 0.2) is 33.7 Å². The Labute approximate surface area is 122 Å². The van der Waals surface area contributed by atoms with E-state index >= 15 is 0 Å². The van der Waals surface area contributed by atoms with Gasteiger partial charge in [0.2, 0.25) is 11.7 Å². The second-order valence-corrected chi connectivity index (χ2v) is 6.26. The summed E-state index contributed by atoms with van der Waals surface area (Å²) >= 11 is 1.75. The Morgan fingerprint density at radius 2 is 2.15 bits per heavy atom. The Bertz CT molecular complexity index is 612. The van der Waals surface area contributed by atoms with Crippen LogP contribution in [0.5, 0.6) is 5.75 Å². The molecule has 0 fully saturated rings. The van der Waals surface area contributed by atoms with Crippen LogP contribution in [0.2, 0.25) is 0 Å². The van der Waals surface area contributed by atoms with Gasteiger partial charge in [-0.25, -0.2) is 0 Å². The van der Waals surface area contributed by atoms with E-state index in [1.165, 1.54) is 0 Å². The minimum Gasteiger partial charge on any atom is -0.480 e. The lowest BCUT2D eigenvalue weighted by molar-refractivity contribution is 0.204. The van der Waals surface area contributed by atoms with Gasteiger partial charge in [-0.05, 0) is 33.0 Å². The van der Waals surface area contributed by atoms with Crippen molar-refractivity contribution in [2.75, 3.05) is 12.8 Å². The van der Waals surface area contributed by atoms with Gasteiger partial charge >= 0.3 is 0 Å². The molecule has 0 spiro atoms. The van der Waals surface area contributed by atoms with Crippen molar-refractivity contribution >= 4 is 11.8 Å². The quantitative estimate of drug-likeness (QED) is 0.938. The van der Waals surface area contributed by atoms with E-state index in [1.54, 1.807) is 11.8 Å². The Balaban J connectivity index is 1.82. The van der Waals surface area contributed by atoms with Crippen LogP contribution in [-0.4, -0.2) is 22.9 Å². The minimum absolute atomic E-state index is 0.167. The van der Waals surface area contributed by atoms with E-state index in [0.29, 0.717) is 11.7 Å². The first-order valence-electron chi connectivity index (χ1n) is 6.51. The lowest BCUT2D eigenvalue weighted by Gasteiger charge is -2.23. The monoisotopic (exact) mass is 291 g/mol. The molecule has 5 nitrogen and oxygen atoms in total. The third-order valence-corrected chi connectivity index (χ3v) is 4.52. The number of nitrogens with zero attached hydrogens (tertiary/aromatic N) is 2. The first kappa shape index (κ1) is 13.5. The molecule has 1 atom stereocenters. The maximum atomic E-state index is 5.95. The maximum absolute atomic E-state index is 5.95. The Kier molecular flexibility index (Phi) is 3.43. The van der Waals surface area contributed by atoms with Gasteiger partial charge in [0.15, 0.2) is 6.10 Å². The molecule has 106 valence electrons. The molecule has 0 amide bonds. The molecule has 0 aliphatic carbocycles. The van der Waals surface area contributed by atoms with Gasteiger partial charge in [-0.1, -0.05) is 17.3 Å². The Hall–Kier alpha value is -1.53. The molecule has 0 bridgehead atoms. The molecular formula is C14H17N3O2S. The summed E-state index contributed by atoms with van der Waals surface area (Å²) < 4.78 is 11.3. The standard InChI is InChI=1S/C14H17N3O2S/c1-14(2,15-3)13-16-12(17-19-13)10-8-20-11-7-5-4-6-9(11)18-10/h4-7,10,15H,8H2,1-3H3. The van der Waals surface area contributed by atoms with Crippen LogP contribution >= 0.6 is 11.8 Å². The fraction of sp³-hybridized carbons (Fsp3) is 0.429. The van der Waals surface area contributed by atoms with Crippen LogP contribution in [0.1, 0.15) is 31.7 Å². The normalized spacial score (nSPS) is 18.4. The number of fused-ring (bicyclic) bond motifs is 1. The van der Waals surface area contributed by atoms with E-state index in [9.17, 15) is 0 Å². The molecule has 2 aromatic rings. The van der Waals surface area contributed by atoms with Gasteiger partial charge in [0, 0.05) is 10.6 Å². The first-order chi connectivity index (χ1) is 9.60. The Morgan fingerprint density at radius 1 is 1.35 bits per heavy atom. The van der Waals surface area contributed by atoms with E-state index in [0.717, 1.165) is 16.4 Å². The van der Waals surface area contributed by atoms with Gasteiger partial charge in [0.1, 0.15) is 5.75 Å². The van der Waals surface area contributed by atoms with Crippen LogP contribution in [0.4, 0.5) is 0 Å². The topological polar surface area (TPSA) is 60.2 Å². The zero-order chi connectivity index (χ0) is 14.2. The van der Waals surface area contributed by atoms with Gasteiger partial charge in [-0.15, -0.1) is 11.8 Å². The lowest BCUT2D eigenvalue weighted by atomic mass is 10.1. The fourth-order valence-corrected chi connectivity index (χ4v) is 2.85. The highest BCUT2D eigenvalue weighted by molar-refractivity contribution is 7.99. The van der Waals surface area contributed by atoms with Crippen molar-refractivity contribution in [1.29, 1.82) is 0 Å². The average molecular weight is 291 g/mol. The van der Waals surface area contributed by atoms with Crippen molar-refractivity contribution in [1.82, 2.24) is 15.5 Å². The minimum atomic E-state index is -0.342. The second-order valence-electron chi connectivity index (χ2n) is 5.20. The number of ether oxygens (including phenoxy) is 1. The highest BCUT2D eigenvalue weighted by Crippen LogP contribution is 2.39. The summed E-state index contributed by atoms with van der Waals surface area (Å²) in [6, 6.07) is 8.00. The van der Waals surface area contributed by atoms with Crippen LogP contribution < -0.4 is 10.1 Å². The summed E-state index contributed by atoms with van der Waals surface area (Å²) in [6.45, 7) is 3.99. The van der Waals surface area contributed by atoms with E-state index < -0.39 is 0 Å². The summed E-state index contributed by atoms with van der Waals surface area (Å²) in [4.78, 5) is 5.63. The molecule has 1 unspecified atom stereocenters. The number of benzene rings is 1. The molecule has 1 aromatic heterocycles. The summed E-state index contributed by atoms with van der Waals surface area (Å²) in [6.07, 6.45) is -0.167. The summed E-state index contributed by atoms with van der Waals surface area (Å²) in [5.41, 5.74) is -0.342. The third kappa shape index (κ3) is 2.41. The molecule has 0 saturated heterocycles. The van der Waals surface area contributed by atoms with Gasteiger partial charge in [0.05, 0.1) is 5.54 Å². The van der Waals surface area contributed by atoms with E-state index in [4.69, 9.17) is 9.26 Å². The van der Waals surface area contributed by atoms with Crippen molar-refractivity contribution in [2.24, 2.45) is 0 Å². The molecule has 1 aromatic carbocycles. The third-order valence-electron chi connectivity index (χ3n) is 3.40. The van der Waals surface area contributed by atoms with Gasteiger partial charge in [0.25, 0.3) is 0 Å². The molecule has 2 heterocycles. The number of hydrogen-bond acceptors (Lipinski definition) is 6. The number of aromatic nitrogens is 2. The Morgan fingerprint density at radius 3 is 2.95 bits per heavy atom. The highest BCUT2D eigenvalue weighted by Gasteiger charge is 2.30. The van der Waals surface area contributed by atoms with E-state index in [1.807, 2.05) is 39.1 Å². The zero-order valence-corrected chi connectivity index (χ0v) is 12.5. The summed E-state index contributed by atoms with van der Waals surface area (Å²) in [5, 5.41) is 7.21. The molecule has 1 aliphatic heterocycles. The molecule has 0 radical (unpaired) electrons. The number of thioether (sulfide) groups is 1. The van der Waals surface area contributed by atoms with E-state index in [-0.39, 0.29) is 11.6 Å². The van der Waals surface area contributed by atoms with Crippen LogP contribution in [-0.2, 0) is 5.54 Å². The average Bonchev–Trinajstić information content (AvgIpc) is 2.97. The number of nitrogens with one attached hydrogen (secondary N) is 1. The van der Waals surface area contributed by atoms with Crippen molar-refractivity contribution in [2.45, 2.75) is 30.4 Å². The number of rotatable bonds is 3. The van der Waals surface area contributed by atoms with Crippen molar-refractivity contribution in [3.05, 3.63) is 36.0 Å². The molecule has 0 saturated carbocycles.